The minimum Gasteiger partial charge on any atom is -0.302 e. The minimum absolute atomic E-state index is 0.727. The molecule has 0 aromatic heterocycles. The van der Waals surface area contributed by atoms with Gasteiger partial charge in [0.1, 0.15) is 0 Å². The number of hydrogen-bond acceptors (Lipinski definition) is 3. The van der Waals surface area contributed by atoms with Crippen LogP contribution in [0.1, 0.15) is 389 Å². The van der Waals surface area contributed by atoms with Gasteiger partial charge in [-0.1, -0.05) is 363 Å². The summed E-state index contributed by atoms with van der Waals surface area (Å²) >= 11 is 0. The summed E-state index contributed by atoms with van der Waals surface area (Å²) in [6.45, 7) is 29.0. The highest BCUT2D eigenvalue weighted by atomic mass is 15.3. The summed E-state index contributed by atoms with van der Waals surface area (Å²) in [7, 11) is 0. The second-order valence-electron chi connectivity index (χ2n) is 23.9. The zero-order chi connectivity index (χ0) is 52.7. The van der Waals surface area contributed by atoms with Gasteiger partial charge in [0.2, 0.25) is 0 Å². The van der Waals surface area contributed by atoms with E-state index in [9.17, 15) is 0 Å². The maximum absolute atomic E-state index is 2.86. The van der Waals surface area contributed by atoms with E-state index in [1.54, 1.807) is 0 Å². The Labute approximate surface area is 460 Å². The van der Waals surface area contributed by atoms with Crippen molar-refractivity contribution in [2.75, 3.05) is 52.4 Å². The van der Waals surface area contributed by atoms with Crippen molar-refractivity contribution in [1.82, 2.24) is 14.7 Å². The van der Waals surface area contributed by atoms with Crippen LogP contribution in [0.2, 0.25) is 0 Å². The molecule has 0 aliphatic carbocycles. The number of nitrogens with zero attached hydrogens (tertiary/aromatic N) is 3. The molecule has 0 aromatic rings. The Morgan fingerprint density at radius 2 is 0.472 bits per heavy atom. The third-order valence-corrected chi connectivity index (χ3v) is 16.5. The Morgan fingerprint density at radius 1 is 0.250 bits per heavy atom. The Kier molecular flexibility index (Phi) is 68.8. The van der Waals surface area contributed by atoms with Crippen LogP contribution in [0.25, 0.3) is 0 Å². The van der Waals surface area contributed by atoms with Crippen LogP contribution in [-0.4, -0.2) is 73.1 Å². The van der Waals surface area contributed by atoms with Gasteiger partial charge in [0.05, 0.1) is 0 Å². The molecule has 0 N–H and O–H groups in total. The molecule has 0 radical (unpaired) electrons. The van der Waals surface area contributed by atoms with Gasteiger partial charge >= 0.3 is 0 Å². The van der Waals surface area contributed by atoms with Gasteiger partial charge in [-0.2, -0.15) is 0 Å². The van der Waals surface area contributed by atoms with Gasteiger partial charge in [0, 0.05) is 38.8 Å². The third kappa shape index (κ3) is 60.7. The lowest BCUT2D eigenvalue weighted by Crippen LogP contribution is -2.53. The van der Waals surface area contributed by atoms with Crippen LogP contribution in [-0.2, 0) is 0 Å². The van der Waals surface area contributed by atoms with Crippen LogP contribution in [0, 0.1) is 0 Å². The number of hydrogen-bond donors (Lipinski definition) is 0. The lowest BCUT2D eigenvalue weighted by molar-refractivity contribution is 0.0738. The monoisotopic (exact) mass is 1020 g/mol. The van der Waals surface area contributed by atoms with Gasteiger partial charge in [-0.15, -0.1) is 0 Å². The van der Waals surface area contributed by atoms with E-state index in [4.69, 9.17) is 0 Å². The second kappa shape index (κ2) is 67.0. The molecule has 0 spiro atoms. The molecule has 1 heterocycles. The highest BCUT2D eigenvalue weighted by molar-refractivity contribution is 4.80. The first kappa shape index (κ1) is 74.0. The molecule has 3 heteroatoms. The van der Waals surface area contributed by atoms with Crippen LogP contribution in [0.5, 0.6) is 0 Å². The fourth-order valence-electron chi connectivity index (χ4n) is 11.1. The van der Waals surface area contributed by atoms with E-state index in [0.717, 1.165) is 6.04 Å². The Morgan fingerprint density at radius 3 is 0.708 bits per heavy atom. The van der Waals surface area contributed by atoms with Crippen molar-refractivity contribution >= 4 is 0 Å². The van der Waals surface area contributed by atoms with Gasteiger partial charge < -0.3 is 4.90 Å². The first-order valence-corrected chi connectivity index (χ1v) is 34.7. The van der Waals surface area contributed by atoms with Crippen LogP contribution in [0.15, 0.2) is 0 Å². The molecule has 0 aromatic carbocycles. The van der Waals surface area contributed by atoms with Crippen molar-refractivity contribution < 1.29 is 0 Å². The first-order valence-electron chi connectivity index (χ1n) is 34.7. The predicted octanol–water partition coefficient (Wildman–Crippen LogP) is 23.7. The first-order chi connectivity index (χ1) is 35.5. The smallest absolute Gasteiger partial charge is 0.0195 e. The summed E-state index contributed by atoms with van der Waals surface area (Å²) in [4.78, 5) is 8.45. The highest BCUT2D eigenvalue weighted by Gasteiger charge is 2.23. The number of rotatable bonds is 56. The van der Waals surface area contributed by atoms with Crippen molar-refractivity contribution in [1.29, 1.82) is 0 Å². The Balaban J connectivity index is 0. The van der Waals surface area contributed by atoms with Crippen molar-refractivity contribution in [3.8, 4) is 0 Å². The van der Waals surface area contributed by atoms with Crippen LogP contribution >= 0.6 is 0 Å². The van der Waals surface area contributed by atoms with E-state index in [2.05, 4.69) is 70.1 Å². The molecule has 1 aliphatic rings. The van der Waals surface area contributed by atoms with Gasteiger partial charge in [-0.25, -0.2) is 0 Å². The molecule has 1 unspecified atom stereocenters. The summed E-state index contributed by atoms with van der Waals surface area (Å²) in [5.41, 5.74) is 0. The average Bonchev–Trinajstić information content (AvgIpc) is 3.39. The molecule has 0 saturated carbocycles. The molecular formula is C69H145N3. The lowest BCUT2D eigenvalue weighted by Gasteiger charge is -2.40. The minimum atomic E-state index is 0.727. The second-order valence-corrected chi connectivity index (χ2v) is 23.9. The zero-order valence-corrected chi connectivity index (χ0v) is 52.3. The molecular weight excluding hydrogens is 871 g/mol. The fraction of sp³-hybridized carbons (Fsp3) is 1.00. The maximum atomic E-state index is 2.86. The summed E-state index contributed by atoms with van der Waals surface area (Å²) < 4.78 is 0. The van der Waals surface area contributed by atoms with E-state index in [-0.39, 0.29) is 0 Å². The fourth-order valence-corrected chi connectivity index (χ4v) is 11.1. The van der Waals surface area contributed by atoms with Gasteiger partial charge in [0.15, 0.2) is 0 Å². The van der Waals surface area contributed by atoms with Crippen LogP contribution in [0.4, 0.5) is 0 Å². The largest absolute Gasteiger partial charge is 0.302 e. The zero-order valence-electron chi connectivity index (χ0n) is 52.3. The van der Waals surface area contributed by atoms with Crippen molar-refractivity contribution in [2.45, 2.75) is 395 Å². The van der Waals surface area contributed by atoms with Crippen LogP contribution in [0.3, 0.4) is 0 Å². The van der Waals surface area contributed by atoms with E-state index < -0.39 is 0 Å². The summed E-state index contributed by atoms with van der Waals surface area (Å²) in [5, 5.41) is 0. The van der Waals surface area contributed by atoms with Crippen molar-refractivity contribution in [3.63, 3.8) is 0 Å². The molecule has 0 amide bonds. The topological polar surface area (TPSA) is 9.72 Å². The molecule has 1 rings (SSSR count). The average molecular weight is 1020 g/mol. The molecule has 72 heavy (non-hydrogen) atoms. The molecule has 1 fully saturated rings. The van der Waals surface area contributed by atoms with Gasteiger partial charge in [-0.3, -0.25) is 9.80 Å². The highest BCUT2D eigenvalue weighted by Crippen LogP contribution is 2.17. The van der Waals surface area contributed by atoms with Crippen molar-refractivity contribution in [2.24, 2.45) is 0 Å². The molecule has 3 nitrogen and oxygen atoms in total. The standard InChI is InChI=1S/C43H89N3.2C13H28/c1-5-8-11-14-17-20-23-26-29-32-35-44(36-33-30-27-24-21-18-15-12-9-6-2)38-39-45-40-41-46(43(4)42-45)37-34-31-28-25-22-19-16-13-10-7-3;2*1-3-5-7-9-11-13-12-10-8-6-4-2/h43H,5-42H2,1-4H3;2*3-13H2,1-2H3. The summed E-state index contributed by atoms with van der Waals surface area (Å²) in [6, 6.07) is 0.727. The van der Waals surface area contributed by atoms with E-state index in [1.807, 2.05) is 0 Å². The van der Waals surface area contributed by atoms with Gasteiger partial charge in [0.25, 0.3) is 0 Å². The van der Waals surface area contributed by atoms with E-state index in [1.165, 1.54) is 386 Å². The Hall–Kier alpha value is -0.120. The van der Waals surface area contributed by atoms with E-state index in [0.29, 0.717) is 0 Å². The molecule has 1 aliphatic heterocycles. The molecule has 1 saturated heterocycles. The lowest BCUT2D eigenvalue weighted by atomic mass is 10.1. The van der Waals surface area contributed by atoms with Crippen LogP contribution < -0.4 is 0 Å². The maximum Gasteiger partial charge on any atom is 0.0195 e. The SMILES string of the molecule is CCCCCCCCCCCCC.CCCCCCCCCCCCC.CCCCCCCCCCCCN(CCCCCCCCCCCC)CCN1CCN(CCCCCCCCCCCC)C(C)C1. The predicted molar refractivity (Wildman–Crippen MR) is 334 cm³/mol. The quantitative estimate of drug-likeness (QED) is 0.0562. The summed E-state index contributed by atoms with van der Waals surface area (Å²) in [6.07, 6.45) is 75.2. The normalized spacial score (nSPS) is 14.2. The third-order valence-electron chi connectivity index (χ3n) is 16.5. The van der Waals surface area contributed by atoms with Gasteiger partial charge in [-0.05, 0) is 45.8 Å². The molecule has 436 valence electrons. The molecule has 0 bridgehead atoms. The van der Waals surface area contributed by atoms with E-state index >= 15 is 0 Å². The van der Waals surface area contributed by atoms with Crippen molar-refractivity contribution in [3.05, 3.63) is 0 Å². The summed E-state index contributed by atoms with van der Waals surface area (Å²) in [5.74, 6) is 0. The Bertz CT molecular complexity index is 840. The number of unbranched alkanes of at least 4 members (excludes halogenated alkanes) is 47. The molecule has 1 atom stereocenters. The number of piperazine rings is 1.